The third kappa shape index (κ3) is 8.66. The third-order valence-electron chi connectivity index (χ3n) is 19.5. The highest BCUT2D eigenvalue weighted by Gasteiger charge is 2.28. The van der Waals surface area contributed by atoms with E-state index >= 15 is 0 Å². The second-order valence-corrected chi connectivity index (χ2v) is 24.8. The second kappa shape index (κ2) is 22.4. The summed E-state index contributed by atoms with van der Waals surface area (Å²) in [7, 11) is 0. The Kier molecular flexibility index (Phi) is 12.8. The smallest absolute Gasteiger partial charge is 0.0542 e. The van der Waals surface area contributed by atoms with Crippen LogP contribution in [-0.4, -0.2) is 13.7 Å². The molecule has 0 saturated heterocycles. The first kappa shape index (κ1) is 54.8. The summed E-state index contributed by atoms with van der Waals surface area (Å²) >= 11 is 0. The van der Waals surface area contributed by atoms with Gasteiger partial charge in [-0.15, -0.1) is 0 Å². The normalized spacial score (nSPS) is 11.8. The van der Waals surface area contributed by atoms with Gasteiger partial charge >= 0.3 is 0 Å². The average Bonchev–Trinajstić information content (AvgIpc) is 1.51. The topological polar surface area (TPSA) is 24.5 Å². The first-order valence-electron chi connectivity index (χ1n) is 32.9. The fourth-order valence-corrected chi connectivity index (χ4v) is 15.5. The lowest BCUT2D eigenvalue weighted by atomic mass is 10.0. The van der Waals surface area contributed by atoms with Gasteiger partial charge in [0.15, 0.2) is 0 Å². The maximum atomic E-state index is 2.48. The number of fused-ring (bicyclic) bond motifs is 12. The van der Waals surface area contributed by atoms with Gasteiger partial charge in [0.05, 0.1) is 84.3 Å². The largest absolute Gasteiger partial charge is 0.310 e. The molecule has 19 rings (SSSR count). The Hall–Kier alpha value is -12.9. The maximum absolute atomic E-state index is 2.48. The second-order valence-electron chi connectivity index (χ2n) is 24.8. The van der Waals surface area contributed by atoms with Crippen molar-refractivity contribution in [2.24, 2.45) is 0 Å². The molecule has 0 atom stereocenters. The Morgan fingerprint density at radius 1 is 0.146 bits per heavy atom. The fraction of sp³-hybridized carbons (Fsp3) is 0. The van der Waals surface area contributed by atoms with Gasteiger partial charge in [0.1, 0.15) is 0 Å². The van der Waals surface area contributed by atoms with E-state index in [0.717, 1.165) is 101 Å². The predicted octanol–water partition coefficient (Wildman–Crippen LogP) is 24.8. The zero-order valence-electron chi connectivity index (χ0n) is 52.3. The quantitative estimate of drug-likeness (QED) is 0.122. The van der Waals surface area contributed by atoms with Gasteiger partial charge in [-0.1, -0.05) is 237 Å². The van der Waals surface area contributed by atoms with E-state index in [-0.39, 0.29) is 0 Å². The van der Waals surface area contributed by atoms with Crippen LogP contribution in [0, 0.1) is 0 Å². The van der Waals surface area contributed by atoms with E-state index in [1.165, 1.54) is 65.4 Å². The van der Waals surface area contributed by atoms with Gasteiger partial charge in [-0.2, -0.15) is 0 Å². The van der Waals surface area contributed by atoms with E-state index in [9.17, 15) is 0 Å². The standard InChI is InChI=1S/C90H60N6/c1-4-28-61(29-5-1)91(85-52-55-88(76-37-13-10-34-73(76)85)94-79-46-22-16-40-67(79)68-41-17-23-47-80(68)94)64-58-65(92(62-30-6-2-7-31-62)86-53-56-89(77-38-14-11-35-74(77)86)95-81-48-24-18-42-69(81)70-43-19-25-49-82(70)95)60-66(59-64)93(63-32-8-3-9-33-63)87-54-57-90(78-39-15-12-36-75(78)87)96-83-50-26-20-44-71(83)72-45-21-27-51-84(72)96/h1-60H. The number of aromatic nitrogens is 3. The number of benzene rings is 16. The van der Waals surface area contributed by atoms with Crippen molar-refractivity contribution in [2.45, 2.75) is 0 Å². The predicted molar refractivity (Wildman–Crippen MR) is 406 cm³/mol. The summed E-state index contributed by atoms with van der Waals surface area (Å²) < 4.78 is 7.35. The number of nitrogens with zero attached hydrogens (tertiary/aromatic N) is 6. The van der Waals surface area contributed by atoms with Gasteiger partial charge in [-0.05, 0) is 127 Å². The maximum Gasteiger partial charge on any atom is 0.0542 e. The van der Waals surface area contributed by atoms with Crippen molar-refractivity contribution in [1.82, 2.24) is 13.7 Å². The molecular formula is C90H60N6. The summed E-state index contributed by atoms with van der Waals surface area (Å²) in [5.41, 5.74) is 19.5. The van der Waals surface area contributed by atoms with Crippen LogP contribution in [0.5, 0.6) is 0 Å². The van der Waals surface area contributed by atoms with Crippen LogP contribution in [0.2, 0.25) is 0 Å². The van der Waals surface area contributed by atoms with Gasteiger partial charge in [-0.25, -0.2) is 0 Å². The van der Waals surface area contributed by atoms with Crippen LogP contribution in [0.3, 0.4) is 0 Å². The van der Waals surface area contributed by atoms with E-state index in [1.54, 1.807) is 0 Å². The van der Waals surface area contributed by atoms with Crippen molar-refractivity contribution in [3.05, 3.63) is 364 Å². The van der Waals surface area contributed by atoms with Crippen molar-refractivity contribution in [3.8, 4) is 17.1 Å². The Morgan fingerprint density at radius 3 is 0.562 bits per heavy atom. The van der Waals surface area contributed by atoms with E-state index in [0.29, 0.717) is 0 Å². The monoisotopic (exact) mass is 1220 g/mol. The van der Waals surface area contributed by atoms with Gasteiger partial charge in [0.2, 0.25) is 0 Å². The van der Waals surface area contributed by atoms with Gasteiger partial charge < -0.3 is 28.4 Å². The molecule has 0 N–H and O–H groups in total. The molecule has 0 unspecified atom stereocenters. The van der Waals surface area contributed by atoms with Crippen molar-refractivity contribution < 1.29 is 0 Å². The molecule has 0 fully saturated rings. The molecule has 0 radical (unpaired) electrons. The zero-order chi connectivity index (χ0) is 63.2. The lowest BCUT2D eigenvalue weighted by Crippen LogP contribution is -2.17. The Bertz CT molecular complexity index is 5460. The van der Waals surface area contributed by atoms with Crippen molar-refractivity contribution >= 4 is 149 Å². The molecule has 0 bridgehead atoms. The van der Waals surface area contributed by atoms with Crippen LogP contribution < -0.4 is 14.7 Å². The van der Waals surface area contributed by atoms with Crippen LogP contribution >= 0.6 is 0 Å². The minimum atomic E-state index is 0.975. The molecule has 3 heterocycles. The average molecular weight is 1230 g/mol. The first-order valence-corrected chi connectivity index (χ1v) is 32.9. The lowest BCUT2D eigenvalue weighted by molar-refractivity contribution is 1.19. The molecule has 16 aromatic carbocycles. The third-order valence-corrected chi connectivity index (χ3v) is 19.5. The number of anilines is 9. The summed E-state index contributed by atoms with van der Waals surface area (Å²) in [5.74, 6) is 0. The molecule has 0 aliphatic heterocycles. The lowest BCUT2D eigenvalue weighted by Gasteiger charge is -2.34. The highest BCUT2D eigenvalue weighted by molar-refractivity contribution is 6.16. The summed E-state index contributed by atoms with van der Waals surface area (Å²) in [6.45, 7) is 0. The first-order chi connectivity index (χ1) is 47.7. The van der Waals surface area contributed by atoms with Crippen molar-refractivity contribution in [3.63, 3.8) is 0 Å². The summed E-state index contributed by atoms with van der Waals surface area (Å²) in [6, 6.07) is 134. The molecule has 6 nitrogen and oxygen atoms in total. The summed E-state index contributed by atoms with van der Waals surface area (Å²) in [4.78, 5) is 7.43. The van der Waals surface area contributed by atoms with Crippen LogP contribution in [0.1, 0.15) is 0 Å². The molecule has 450 valence electrons. The molecule has 0 aliphatic carbocycles. The van der Waals surface area contributed by atoms with Crippen LogP contribution in [-0.2, 0) is 0 Å². The molecule has 96 heavy (non-hydrogen) atoms. The molecular weight excluding hydrogens is 1170 g/mol. The fourth-order valence-electron chi connectivity index (χ4n) is 15.5. The van der Waals surface area contributed by atoms with Crippen LogP contribution in [0.25, 0.3) is 115 Å². The Labute approximate surface area is 555 Å². The number of hydrogen-bond donors (Lipinski definition) is 0. The Morgan fingerprint density at radius 2 is 0.333 bits per heavy atom. The Balaban J connectivity index is 0.894. The minimum absolute atomic E-state index is 0.975. The molecule has 0 saturated carbocycles. The van der Waals surface area contributed by atoms with Crippen LogP contribution in [0.15, 0.2) is 364 Å². The number of para-hydroxylation sites is 9. The van der Waals surface area contributed by atoms with Gasteiger partial charge in [-0.3, -0.25) is 0 Å². The molecule has 0 aliphatic rings. The SMILES string of the molecule is c1ccc(N(c2cc(N(c3ccccc3)c3ccc(-n4c5ccccc5c5ccccc54)c4ccccc34)cc(N(c3ccccc3)c3ccc(-n4c5ccccc5c5ccccc54)c4ccccc34)c2)c2ccc(-n3c4ccccc4c4ccccc43)c3ccccc23)cc1. The molecule has 0 spiro atoms. The van der Waals surface area contributed by atoms with Crippen molar-refractivity contribution in [2.75, 3.05) is 14.7 Å². The van der Waals surface area contributed by atoms with Gasteiger partial charge in [0, 0.05) is 81.7 Å². The highest BCUT2D eigenvalue weighted by Crippen LogP contribution is 2.51. The zero-order valence-corrected chi connectivity index (χ0v) is 52.3. The van der Waals surface area contributed by atoms with E-state index < -0.39 is 0 Å². The molecule has 19 aromatic rings. The summed E-state index contributed by atoms with van der Waals surface area (Å²) in [5, 5.41) is 14.1. The molecule has 0 amide bonds. The van der Waals surface area contributed by atoms with E-state index in [4.69, 9.17) is 0 Å². The van der Waals surface area contributed by atoms with E-state index in [2.05, 4.69) is 392 Å². The highest BCUT2D eigenvalue weighted by atomic mass is 15.2. The number of rotatable bonds is 12. The van der Waals surface area contributed by atoms with Gasteiger partial charge in [0.25, 0.3) is 0 Å². The van der Waals surface area contributed by atoms with Crippen molar-refractivity contribution in [1.29, 1.82) is 0 Å². The summed E-state index contributed by atoms with van der Waals surface area (Å²) in [6.07, 6.45) is 0. The molecule has 3 aromatic heterocycles. The molecule has 6 heteroatoms. The van der Waals surface area contributed by atoms with E-state index in [1.807, 2.05) is 0 Å². The minimum Gasteiger partial charge on any atom is -0.310 e. The van der Waals surface area contributed by atoms with Crippen LogP contribution in [0.4, 0.5) is 51.2 Å². The number of hydrogen-bond acceptors (Lipinski definition) is 3.